The van der Waals surface area contributed by atoms with E-state index in [4.69, 9.17) is 5.73 Å². The van der Waals surface area contributed by atoms with Gasteiger partial charge in [-0.05, 0) is 50.3 Å². The largest absolute Gasteiger partial charge is 0.344 e. The Morgan fingerprint density at radius 2 is 2.20 bits per heavy atom. The lowest BCUT2D eigenvalue weighted by Gasteiger charge is -2.29. The van der Waals surface area contributed by atoms with Crippen molar-refractivity contribution in [3.8, 4) is 0 Å². The van der Waals surface area contributed by atoms with Gasteiger partial charge in [0.25, 0.3) is 0 Å². The first-order chi connectivity index (χ1) is 11.8. The number of hydrogen-bond acceptors (Lipinski definition) is 4. The number of hydrazine groups is 1. The highest BCUT2D eigenvalue weighted by molar-refractivity contribution is 5.85. The Labute approximate surface area is 150 Å². The number of nitrogens with one attached hydrogen (secondary N) is 2. The molecule has 1 saturated heterocycles. The van der Waals surface area contributed by atoms with Gasteiger partial charge in [0, 0.05) is 25.7 Å². The lowest BCUT2D eigenvalue weighted by atomic mass is 9.95. The minimum absolute atomic E-state index is 0.00416. The van der Waals surface area contributed by atoms with Crippen molar-refractivity contribution in [1.29, 1.82) is 0 Å². The first-order valence-electron chi connectivity index (χ1n) is 9.14. The zero-order valence-electron chi connectivity index (χ0n) is 15.5. The second kappa shape index (κ2) is 8.74. The van der Waals surface area contributed by atoms with Crippen LogP contribution in [0.15, 0.2) is 24.3 Å². The van der Waals surface area contributed by atoms with Gasteiger partial charge >= 0.3 is 0 Å². The smallest absolute Gasteiger partial charge is 0.242 e. The third-order valence-electron chi connectivity index (χ3n) is 4.88. The Bertz CT molecular complexity index is 578. The van der Waals surface area contributed by atoms with Crippen molar-refractivity contribution in [2.45, 2.75) is 63.6 Å². The van der Waals surface area contributed by atoms with E-state index in [1.807, 2.05) is 20.0 Å². The molecule has 1 aliphatic heterocycles. The average Bonchev–Trinajstić information content (AvgIpc) is 3.03. The topological polar surface area (TPSA) is 70.4 Å². The van der Waals surface area contributed by atoms with Crippen LogP contribution >= 0.6 is 0 Å². The molecule has 1 fully saturated rings. The van der Waals surface area contributed by atoms with Crippen molar-refractivity contribution in [1.82, 2.24) is 15.8 Å². The monoisotopic (exact) mass is 350 g/mol. The first kappa shape index (κ1) is 19.8. The van der Waals surface area contributed by atoms with Gasteiger partial charge in [-0.15, -0.1) is 0 Å². The standard InChI is InChI=1S/C19H31FN4O/c1-4-10-19(2,21)18(25)24(3)11-6-9-16-13-17(23-22-16)14-7-5-8-15(20)12-14/h5,7-8,12,16-17,22-23H,4,6,9-11,13,21H2,1-3H3. The van der Waals surface area contributed by atoms with E-state index in [2.05, 4.69) is 10.9 Å². The van der Waals surface area contributed by atoms with Gasteiger partial charge in [0.15, 0.2) is 0 Å². The molecule has 0 bridgehead atoms. The second-order valence-corrected chi connectivity index (χ2v) is 7.37. The maximum absolute atomic E-state index is 13.3. The first-order valence-corrected chi connectivity index (χ1v) is 9.14. The van der Waals surface area contributed by atoms with Gasteiger partial charge in [0.1, 0.15) is 5.82 Å². The third kappa shape index (κ3) is 5.49. The zero-order valence-corrected chi connectivity index (χ0v) is 15.5. The minimum Gasteiger partial charge on any atom is -0.344 e. The van der Waals surface area contributed by atoms with Crippen LogP contribution in [0.3, 0.4) is 0 Å². The molecule has 1 aromatic carbocycles. The maximum atomic E-state index is 13.3. The highest BCUT2D eigenvalue weighted by Gasteiger charge is 2.30. The molecule has 3 unspecified atom stereocenters. The van der Waals surface area contributed by atoms with E-state index in [0.717, 1.165) is 31.2 Å². The van der Waals surface area contributed by atoms with Crippen molar-refractivity contribution >= 4 is 5.91 Å². The maximum Gasteiger partial charge on any atom is 0.242 e. The summed E-state index contributed by atoms with van der Waals surface area (Å²) in [6.45, 7) is 4.53. The highest BCUT2D eigenvalue weighted by Crippen LogP contribution is 2.24. The number of carbonyl (C=O) groups is 1. The molecular formula is C19H31FN4O. The summed E-state index contributed by atoms with van der Waals surface area (Å²) in [6.07, 6.45) is 4.35. The lowest BCUT2D eigenvalue weighted by molar-refractivity contribution is -0.135. The second-order valence-electron chi connectivity index (χ2n) is 7.37. The Morgan fingerprint density at radius 1 is 1.44 bits per heavy atom. The third-order valence-corrected chi connectivity index (χ3v) is 4.88. The summed E-state index contributed by atoms with van der Waals surface area (Å²) in [5, 5.41) is 0. The summed E-state index contributed by atoms with van der Waals surface area (Å²) >= 11 is 0. The number of likely N-dealkylation sites (N-methyl/N-ethyl adjacent to an activating group) is 1. The number of hydrogen-bond donors (Lipinski definition) is 3. The Balaban J connectivity index is 1.75. The molecule has 6 heteroatoms. The fourth-order valence-electron chi connectivity index (χ4n) is 3.49. The van der Waals surface area contributed by atoms with Gasteiger partial charge in [0.05, 0.1) is 5.54 Å². The van der Waals surface area contributed by atoms with Gasteiger partial charge in [0.2, 0.25) is 5.91 Å². The summed E-state index contributed by atoms with van der Waals surface area (Å²) < 4.78 is 13.3. The number of rotatable bonds is 8. The Kier molecular flexibility index (Phi) is 6.93. The predicted octanol–water partition coefficient (Wildman–Crippen LogP) is 2.49. The van der Waals surface area contributed by atoms with Crippen LogP contribution in [0, 0.1) is 5.82 Å². The van der Waals surface area contributed by atoms with Crippen LogP contribution in [0.25, 0.3) is 0 Å². The quantitative estimate of drug-likeness (QED) is 0.674. The number of nitrogens with two attached hydrogens (primary N) is 1. The van der Waals surface area contributed by atoms with E-state index >= 15 is 0 Å². The van der Waals surface area contributed by atoms with Crippen LogP contribution in [0.1, 0.15) is 57.6 Å². The molecule has 1 amide bonds. The van der Waals surface area contributed by atoms with Gasteiger partial charge in [-0.25, -0.2) is 4.39 Å². The van der Waals surface area contributed by atoms with Crippen LogP contribution in [0.4, 0.5) is 4.39 Å². The molecule has 1 heterocycles. The predicted molar refractivity (Wildman–Crippen MR) is 98.2 cm³/mol. The normalized spacial score (nSPS) is 22.6. The molecule has 3 atom stereocenters. The van der Waals surface area contributed by atoms with E-state index in [-0.39, 0.29) is 17.8 Å². The summed E-state index contributed by atoms with van der Waals surface area (Å²) in [6, 6.07) is 7.14. The summed E-state index contributed by atoms with van der Waals surface area (Å²) in [7, 11) is 1.82. The van der Waals surface area contributed by atoms with Gasteiger partial charge in [-0.1, -0.05) is 25.5 Å². The molecule has 0 radical (unpaired) electrons. The molecule has 25 heavy (non-hydrogen) atoms. The SMILES string of the molecule is CCCC(C)(N)C(=O)N(C)CCCC1CC(c2cccc(F)c2)NN1. The summed E-state index contributed by atoms with van der Waals surface area (Å²) in [5.74, 6) is -0.204. The molecule has 5 nitrogen and oxygen atoms in total. The molecule has 2 rings (SSSR count). The van der Waals surface area contributed by atoms with E-state index in [0.29, 0.717) is 19.0 Å². The summed E-state index contributed by atoms with van der Waals surface area (Å²) in [5.41, 5.74) is 12.8. The van der Waals surface area contributed by atoms with Crippen LogP contribution in [0.2, 0.25) is 0 Å². The summed E-state index contributed by atoms with van der Waals surface area (Å²) in [4.78, 5) is 14.1. The van der Waals surface area contributed by atoms with Crippen LogP contribution < -0.4 is 16.6 Å². The Morgan fingerprint density at radius 3 is 2.88 bits per heavy atom. The molecule has 0 saturated carbocycles. The lowest BCUT2D eigenvalue weighted by Crippen LogP contribution is -2.52. The molecule has 1 aromatic rings. The molecule has 1 aliphatic rings. The number of carbonyl (C=O) groups excluding carboxylic acids is 1. The molecule has 0 aromatic heterocycles. The van der Waals surface area contributed by atoms with Crippen molar-refractivity contribution in [3.63, 3.8) is 0 Å². The molecule has 140 valence electrons. The van der Waals surface area contributed by atoms with E-state index in [1.54, 1.807) is 24.0 Å². The van der Waals surface area contributed by atoms with Crippen molar-refractivity contribution in [2.75, 3.05) is 13.6 Å². The fourth-order valence-corrected chi connectivity index (χ4v) is 3.49. The van der Waals surface area contributed by atoms with Crippen LogP contribution in [-0.2, 0) is 4.79 Å². The van der Waals surface area contributed by atoms with E-state index < -0.39 is 5.54 Å². The van der Waals surface area contributed by atoms with Crippen LogP contribution in [-0.4, -0.2) is 36.0 Å². The number of benzene rings is 1. The molecule has 0 aliphatic carbocycles. The number of amides is 1. The Hall–Kier alpha value is -1.50. The minimum atomic E-state index is -0.779. The van der Waals surface area contributed by atoms with Crippen molar-refractivity contribution in [2.24, 2.45) is 5.73 Å². The van der Waals surface area contributed by atoms with Crippen molar-refractivity contribution < 1.29 is 9.18 Å². The molecule has 0 spiro atoms. The van der Waals surface area contributed by atoms with E-state index in [9.17, 15) is 9.18 Å². The average molecular weight is 350 g/mol. The zero-order chi connectivity index (χ0) is 18.4. The number of nitrogens with zero attached hydrogens (tertiary/aromatic N) is 1. The highest BCUT2D eigenvalue weighted by atomic mass is 19.1. The van der Waals surface area contributed by atoms with Gasteiger partial charge < -0.3 is 10.6 Å². The number of halogens is 1. The molecular weight excluding hydrogens is 319 g/mol. The fraction of sp³-hybridized carbons (Fsp3) is 0.632. The van der Waals surface area contributed by atoms with Gasteiger partial charge in [-0.3, -0.25) is 15.6 Å². The van der Waals surface area contributed by atoms with E-state index in [1.165, 1.54) is 6.07 Å². The van der Waals surface area contributed by atoms with Crippen LogP contribution in [0.5, 0.6) is 0 Å². The van der Waals surface area contributed by atoms with Crippen molar-refractivity contribution in [3.05, 3.63) is 35.6 Å². The van der Waals surface area contributed by atoms with Gasteiger partial charge in [-0.2, -0.15) is 0 Å². The molecule has 4 N–H and O–H groups in total.